The lowest BCUT2D eigenvalue weighted by molar-refractivity contribution is -0.124. The summed E-state index contributed by atoms with van der Waals surface area (Å²) in [5.41, 5.74) is 1.48. The summed E-state index contributed by atoms with van der Waals surface area (Å²) in [5, 5.41) is 4.94. The fraction of sp³-hybridized carbons (Fsp3) is 0.303. The lowest BCUT2D eigenvalue weighted by Crippen LogP contribution is -2.39. The number of benzene rings is 2. The SMILES string of the molecule is Cn1cc(C(=O)N2CCCNC(=O)[C@H]3CN(C(=O)c4cc5ccccc5cn4)C[C@@H]3c3cccc(c3)OCC2)ccc1=O. The van der Waals surface area contributed by atoms with E-state index in [1.54, 1.807) is 29.1 Å². The smallest absolute Gasteiger partial charge is 0.272 e. The monoisotopic (exact) mass is 579 g/mol. The van der Waals surface area contributed by atoms with Crippen LogP contribution in [0.3, 0.4) is 0 Å². The number of aryl methyl sites for hydroxylation is 1. The van der Waals surface area contributed by atoms with Crippen molar-refractivity contribution in [2.75, 3.05) is 39.3 Å². The maximum atomic E-state index is 13.6. The molecule has 6 rings (SSSR count). The Morgan fingerprint density at radius 3 is 2.53 bits per heavy atom. The molecule has 3 amide bonds. The first kappa shape index (κ1) is 28.1. The van der Waals surface area contributed by atoms with E-state index in [0.29, 0.717) is 49.6 Å². The second kappa shape index (κ2) is 12.1. The number of hydrogen-bond acceptors (Lipinski definition) is 6. The Hall–Kier alpha value is -4.99. The highest BCUT2D eigenvalue weighted by molar-refractivity contribution is 5.97. The quantitative estimate of drug-likeness (QED) is 0.391. The van der Waals surface area contributed by atoms with Gasteiger partial charge in [-0.3, -0.25) is 24.2 Å². The number of likely N-dealkylation sites (tertiary alicyclic amines) is 1. The van der Waals surface area contributed by atoms with Gasteiger partial charge in [0.1, 0.15) is 18.1 Å². The number of rotatable bonds is 2. The molecule has 0 radical (unpaired) electrons. The van der Waals surface area contributed by atoms with Crippen LogP contribution in [0.15, 0.2) is 83.9 Å². The van der Waals surface area contributed by atoms with Gasteiger partial charge >= 0.3 is 0 Å². The van der Waals surface area contributed by atoms with Crippen LogP contribution in [-0.2, 0) is 11.8 Å². The van der Waals surface area contributed by atoms with Crippen LogP contribution in [0.1, 0.15) is 38.7 Å². The van der Waals surface area contributed by atoms with Crippen molar-refractivity contribution in [2.24, 2.45) is 13.0 Å². The zero-order valence-corrected chi connectivity index (χ0v) is 23.9. The normalized spacial score (nSPS) is 19.2. The third-order valence-electron chi connectivity index (χ3n) is 8.23. The van der Waals surface area contributed by atoms with Crippen molar-refractivity contribution in [3.63, 3.8) is 0 Å². The first-order chi connectivity index (χ1) is 20.9. The minimum absolute atomic E-state index is 0.133. The van der Waals surface area contributed by atoms with E-state index in [4.69, 9.17) is 4.74 Å². The maximum absolute atomic E-state index is 13.6. The number of carbonyl (C=O) groups excluding carboxylic acids is 3. The molecule has 2 aromatic heterocycles. The highest BCUT2D eigenvalue weighted by Crippen LogP contribution is 2.35. The van der Waals surface area contributed by atoms with E-state index in [2.05, 4.69) is 10.3 Å². The summed E-state index contributed by atoms with van der Waals surface area (Å²) in [6.07, 6.45) is 3.77. The van der Waals surface area contributed by atoms with Crippen molar-refractivity contribution >= 4 is 28.5 Å². The van der Waals surface area contributed by atoms with Crippen LogP contribution in [0.5, 0.6) is 5.75 Å². The number of nitrogens with one attached hydrogen (secondary N) is 1. The Balaban J connectivity index is 1.22. The highest BCUT2D eigenvalue weighted by Gasteiger charge is 2.41. The predicted octanol–water partition coefficient (Wildman–Crippen LogP) is 2.83. The molecule has 0 aliphatic carbocycles. The van der Waals surface area contributed by atoms with Gasteiger partial charge in [-0.15, -0.1) is 0 Å². The predicted molar refractivity (Wildman–Crippen MR) is 161 cm³/mol. The van der Waals surface area contributed by atoms with Gasteiger partial charge in [0, 0.05) is 63.0 Å². The molecule has 220 valence electrons. The molecule has 43 heavy (non-hydrogen) atoms. The van der Waals surface area contributed by atoms with E-state index in [-0.39, 0.29) is 42.4 Å². The Morgan fingerprint density at radius 1 is 0.884 bits per heavy atom. The molecular weight excluding hydrogens is 546 g/mol. The Morgan fingerprint density at radius 2 is 1.70 bits per heavy atom. The van der Waals surface area contributed by atoms with Crippen LogP contribution in [0.4, 0.5) is 0 Å². The zero-order chi connectivity index (χ0) is 29.9. The molecule has 2 aromatic carbocycles. The summed E-state index contributed by atoms with van der Waals surface area (Å²) in [5.74, 6) is -0.581. The number of aromatic nitrogens is 2. The van der Waals surface area contributed by atoms with Gasteiger partial charge in [0.2, 0.25) is 11.5 Å². The average molecular weight is 580 g/mol. The number of nitrogens with zero attached hydrogens (tertiary/aromatic N) is 4. The number of carbonyl (C=O) groups is 3. The van der Waals surface area contributed by atoms with E-state index >= 15 is 0 Å². The van der Waals surface area contributed by atoms with Crippen LogP contribution in [-0.4, -0.2) is 76.4 Å². The van der Waals surface area contributed by atoms with Crippen molar-refractivity contribution in [3.05, 3.63) is 106 Å². The third kappa shape index (κ3) is 5.99. The van der Waals surface area contributed by atoms with Gasteiger partial charge in [0.25, 0.3) is 11.8 Å². The lowest BCUT2D eigenvalue weighted by Gasteiger charge is -2.25. The number of amides is 3. The van der Waals surface area contributed by atoms with Crippen molar-refractivity contribution in [1.82, 2.24) is 24.7 Å². The molecule has 4 aromatic rings. The highest BCUT2D eigenvalue weighted by atomic mass is 16.5. The van der Waals surface area contributed by atoms with Crippen molar-refractivity contribution < 1.29 is 19.1 Å². The van der Waals surface area contributed by atoms with Gasteiger partial charge in [0.15, 0.2) is 0 Å². The van der Waals surface area contributed by atoms with E-state index < -0.39 is 5.92 Å². The summed E-state index contributed by atoms with van der Waals surface area (Å²) < 4.78 is 7.45. The standard InChI is InChI=1S/C33H33N5O5/c1-36-19-25(10-11-30(36)39)32(41)37-13-5-12-34-31(40)28-21-38(20-27(28)23-8-4-9-26(16-23)43-15-14-37)33(42)29-17-22-6-2-3-7-24(22)18-35-29/h2-4,6-11,16-19,27-28H,5,12-15,20-21H2,1H3,(H,34,40)/t27-,28+/m1/s1. The fourth-order valence-electron chi connectivity index (χ4n) is 5.87. The van der Waals surface area contributed by atoms with Gasteiger partial charge < -0.3 is 24.4 Å². The van der Waals surface area contributed by atoms with Gasteiger partial charge in [-0.05, 0) is 41.6 Å². The van der Waals surface area contributed by atoms with Crippen molar-refractivity contribution in [3.8, 4) is 5.75 Å². The Bertz CT molecular complexity index is 1750. The minimum atomic E-state index is -0.453. The average Bonchev–Trinajstić information content (AvgIpc) is 3.48. The van der Waals surface area contributed by atoms with Gasteiger partial charge in [-0.25, -0.2) is 0 Å². The van der Waals surface area contributed by atoms with Gasteiger partial charge in [-0.1, -0.05) is 36.4 Å². The maximum Gasteiger partial charge on any atom is 0.272 e. The Kier molecular flexibility index (Phi) is 7.91. The molecule has 1 N–H and O–H groups in total. The molecule has 2 aliphatic heterocycles. The lowest BCUT2D eigenvalue weighted by atomic mass is 9.88. The number of ether oxygens (including phenoxy) is 1. The molecule has 10 heteroatoms. The second-order valence-electron chi connectivity index (χ2n) is 11.1. The van der Waals surface area contributed by atoms with Crippen LogP contribution in [0.25, 0.3) is 10.8 Å². The molecular formula is C33H33N5O5. The number of hydrogen-bond donors (Lipinski definition) is 1. The molecule has 1 fully saturated rings. The summed E-state index contributed by atoms with van der Waals surface area (Å²) in [6, 6.07) is 20.1. The molecule has 2 bridgehead atoms. The first-order valence-corrected chi connectivity index (χ1v) is 14.5. The fourth-order valence-corrected chi connectivity index (χ4v) is 5.87. The van der Waals surface area contributed by atoms with E-state index in [9.17, 15) is 19.2 Å². The van der Waals surface area contributed by atoms with Crippen LogP contribution in [0, 0.1) is 5.92 Å². The third-order valence-corrected chi connectivity index (χ3v) is 8.23. The van der Waals surface area contributed by atoms with Crippen LogP contribution < -0.4 is 15.6 Å². The molecule has 2 aliphatic rings. The van der Waals surface area contributed by atoms with Gasteiger partial charge in [-0.2, -0.15) is 0 Å². The van der Waals surface area contributed by atoms with Crippen LogP contribution in [0.2, 0.25) is 0 Å². The van der Waals surface area contributed by atoms with Crippen molar-refractivity contribution in [2.45, 2.75) is 12.3 Å². The molecule has 0 unspecified atom stereocenters. The summed E-state index contributed by atoms with van der Waals surface area (Å²) in [6.45, 7) is 2.05. The Labute approximate surface area is 248 Å². The molecule has 0 saturated carbocycles. The summed E-state index contributed by atoms with van der Waals surface area (Å²) in [4.78, 5) is 60.0. The molecule has 0 spiro atoms. The zero-order valence-electron chi connectivity index (χ0n) is 23.9. The molecule has 10 nitrogen and oxygen atoms in total. The van der Waals surface area contributed by atoms with E-state index in [1.165, 1.54) is 22.9 Å². The largest absolute Gasteiger partial charge is 0.492 e. The number of pyridine rings is 2. The number of fused-ring (bicyclic) bond motifs is 5. The summed E-state index contributed by atoms with van der Waals surface area (Å²) >= 11 is 0. The second-order valence-corrected chi connectivity index (χ2v) is 11.1. The molecule has 1 saturated heterocycles. The van der Waals surface area contributed by atoms with E-state index in [1.807, 2.05) is 48.5 Å². The van der Waals surface area contributed by atoms with Crippen molar-refractivity contribution in [1.29, 1.82) is 0 Å². The first-order valence-electron chi connectivity index (χ1n) is 14.5. The van der Waals surface area contributed by atoms with Gasteiger partial charge in [0.05, 0.1) is 18.0 Å². The topological polar surface area (TPSA) is 114 Å². The molecule has 2 atom stereocenters. The minimum Gasteiger partial charge on any atom is -0.492 e. The van der Waals surface area contributed by atoms with Crippen LogP contribution >= 0.6 is 0 Å². The van der Waals surface area contributed by atoms with E-state index in [0.717, 1.165) is 16.3 Å². The molecule has 4 heterocycles. The summed E-state index contributed by atoms with van der Waals surface area (Å²) in [7, 11) is 1.61.